The van der Waals surface area contributed by atoms with Crippen molar-refractivity contribution in [3.05, 3.63) is 59.4 Å². The van der Waals surface area contributed by atoms with Gasteiger partial charge in [0.2, 0.25) is 0 Å². The van der Waals surface area contributed by atoms with Gasteiger partial charge in [0, 0.05) is 12.7 Å². The number of hydrogen-bond acceptors (Lipinski definition) is 4. The summed E-state index contributed by atoms with van der Waals surface area (Å²) < 4.78 is 5.57. The third-order valence-corrected chi connectivity index (χ3v) is 4.11. The first kappa shape index (κ1) is 17.0. The number of fused-ring (bicyclic) bond motifs is 1. The number of hydrogen-bond donors (Lipinski definition) is 1. The van der Waals surface area contributed by atoms with Crippen LogP contribution in [0.4, 0.5) is 0 Å². The molecule has 1 atom stereocenters. The average Bonchev–Trinajstić information content (AvgIpc) is 2.59. The molecule has 1 amide bonds. The van der Waals surface area contributed by atoms with Crippen LogP contribution in [0.2, 0.25) is 0 Å². The minimum Gasteiger partial charge on any atom is -0.489 e. The maximum absolute atomic E-state index is 12.9. The summed E-state index contributed by atoms with van der Waals surface area (Å²) >= 11 is 0. The van der Waals surface area contributed by atoms with Gasteiger partial charge in [0.1, 0.15) is 5.75 Å². The lowest BCUT2D eigenvalue weighted by Gasteiger charge is -2.34. The molecule has 0 saturated carbocycles. The van der Waals surface area contributed by atoms with E-state index in [1.54, 1.807) is 18.2 Å². The average molecular weight is 340 g/mol. The fourth-order valence-electron chi connectivity index (χ4n) is 3.09. The molecule has 0 spiro atoms. The predicted octanol–water partition coefficient (Wildman–Crippen LogP) is 2.69. The Morgan fingerprint density at radius 3 is 2.76 bits per heavy atom. The van der Waals surface area contributed by atoms with E-state index in [0.717, 1.165) is 5.56 Å². The maximum atomic E-state index is 12.9. The Kier molecular flexibility index (Phi) is 4.70. The summed E-state index contributed by atoms with van der Waals surface area (Å²) in [5, 5.41) is 9.69. The molecule has 1 aromatic heterocycles. The van der Waals surface area contributed by atoms with Gasteiger partial charge >= 0.3 is 5.97 Å². The number of pyridine rings is 1. The van der Waals surface area contributed by atoms with Crippen LogP contribution in [0.1, 0.15) is 41.4 Å². The molecule has 3 rings (SSSR count). The molecular formula is C19H20N2O4. The second-order valence-corrected chi connectivity index (χ2v) is 6.26. The van der Waals surface area contributed by atoms with E-state index < -0.39 is 12.0 Å². The van der Waals surface area contributed by atoms with E-state index in [9.17, 15) is 14.7 Å². The minimum atomic E-state index is -1.04. The van der Waals surface area contributed by atoms with Crippen molar-refractivity contribution in [3.8, 4) is 5.75 Å². The predicted molar refractivity (Wildman–Crippen MR) is 91.6 cm³/mol. The zero-order chi connectivity index (χ0) is 18.0. The maximum Gasteiger partial charge on any atom is 0.331 e. The first-order chi connectivity index (χ1) is 12.0. The SMILES string of the molecule is CC(C)Oc1cncc(C(=O)N2CCc3ccccc3C2C(=O)O)c1. The molecule has 1 aliphatic heterocycles. The van der Waals surface area contributed by atoms with Crippen LogP contribution in [0.15, 0.2) is 42.7 Å². The molecule has 0 radical (unpaired) electrons. The van der Waals surface area contributed by atoms with E-state index in [2.05, 4.69) is 4.98 Å². The Hall–Kier alpha value is -2.89. The second kappa shape index (κ2) is 6.93. The highest BCUT2D eigenvalue weighted by Crippen LogP contribution is 2.31. The molecule has 2 heterocycles. The number of benzene rings is 1. The number of rotatable bonds is 4. The van der Waals surface area contributed by atoms with E-state index in [0.29, 0.717) is 29.8 Å². The van der Waals surface area contributed by atoms with Crippen molar-refractivity contribution in [2.45, 2.75) is 32.4 Å². The largest absolute Gasteiger partial charge is 0.489 e. The summed E-state index contributed by atoms with van der Waals surface area (Å²) in [6.45, 7) is 4.12. The van der Waals surface area contributed by atoms with Gasteiger partial charge in [-0.3, -0.25) is 9.78 Å². The van der Waals surface area contributed by atoms with Crippen LogP contribution in [0, 0.1) is 0 Å². The number of carbonyl (C=O) groups excluding carboxylic acids is 1. The van der Waals surface area contributed by atoms with Crippen LogP contribution >= 0.6 is 0 Å². The first-order valence-electron chi connectivity index (χ1n) is 8.20. The van der Waals surface area contributed by atoms with Crippen molar-refractivity contribution < 1.29 is 19.4 Å². The zero-order valence-electron chi connectivity index (χ0n) is 14.2. The van der Waals surface area contributed by atoms with Gasteiger partial charge in [-0.25, -0.2) is 4.79 Å². The normalized spacial score (nSPS) is 16.4. The number of aromatic nitrogens is 1. The Morgan fingerprint density at radius 1 is 1.28 bits per heavy atom. The molecule has 1 aliphatic rings. The Bertz CT molecular complexity index is 804. The number of carboxylic acid groups (broad SMARTS) is 1. The number of nitrogens with zero attached hydrogens (tertiary/aromatic N) is 2. The smallest absolute Gasteiger partial charge is 0.331 e. The minimum absolute atomic E-state index is 0.0409. The van der Waals surface area contributed by atoms with Crippen molar-refractivity contribution >= 4 is 11.9 Å². The molecule has 0 saturated heterocycles. The fraction of sp³-hybridized carbons (Fsp3) is 0.316. The highest BCUT2D eigenvalue weighted by atomic mass is 16.5. The van der Waals surface area contributed by atoms with Crippen LogP contribution in [0.5, 0.6) is 5.75 Å². The summed E-state index contributed by atoms with van der Waals surface area (Å²) in [4.78, 5) is 30.2. The molecule has 0 fully saturated rings. The number of ether oxygens (including phenoxy) is 1. The molecule has 1 unspecified atom stereocenters. The van der Waals surface area contributed by atoms with Gasteiger partial charge in [0.15, 0.2) is 6.04 Å². The Labute approximate surface area is 146 Å². The molecule has 2 aromatic rings. The Morgan fingerprint density at radius 2 is 2.04 bits per heavy atom. The molecule has 1 N–H and O–H groups in total. The third kappa shape index (κ3) is 3.47. The summed E-state index contributed by atoms with van der Waals surface area (Å²) in [5.41, 5.74) is 1.95. The number of aliphatic carboxylic acids is 1. The van der Waals surface area contributed by atoms with Gasteiger partial charge in [-0.05, 0) is 37.5 Å². The molecule has 0 aliphatic carbocycles. The quantitative estimate of drug-likeness (QED) is 0.926. The summed E-state index contributed by atoms with van der Waals surface area (Å²) in [7, 11) is 0. The summed E-state index contributed by atoms with van der Waals surface area (Å²) in [5.74, 6) is -0.906. The fourth-order valence-corrected chi connectivity index (χ4v) is 3.09. The molecule has 130 valence electrons. The van der Waals surface area contributed by atoms with Crippen LogP contribution in [-0.2, 0) is 11.2 Å². The van der Waals surface area contributed by atoms with Gasteiger partial charge in [-0.1, -0.05) is 24.3 Å². The van der Waals surface area contributed by atoms with E-state index in [4.69, 9.17) is 4.74 Å². The molecule has 1 aromatic carbocycles. The van der Waals surface area contributed by atoms with Gasteiger partial charge in [0.25, 0.3) is 5.91 Å². The van der Waals surface area contributed by atoms with Gasteiger partial charge in [0.05, 0.1) is 17.9 Å². The van der Waals surface area contributed by atoms with Crippen LogP contribution < -0.4 is 4.74 Å². The van der Waals surface area contributed by atoms with E-state index in [-0.39, 0.29) is 12.0 Å². The lowest BCUT2D eigenvalue weighted by atomic mass is 9.92. The number of carboxylic acids is 1. The van der Waals surface area contributed by atoms with Crippen LogP contribution in [0.3, 0.4) is 0 Å². The van der Waals surface area contributed by atoms with Crippen molar-refractivity contribution in [1.82, 2.24) is 9.88 Å². The molecule has 6 nitrogen and oxygen atoms in total. The van der Waals surface area contributed by atoms with Crippen molar-refractivity contribution in [3.63, 3.8) is 0 Å². The number of amides is 1. The van der Waals surface area contributed by atoms with Gasteiger partial charge in [-0.2, -0.15) is 0 Å². The summed E-state index contributed by atoms with van der Waals surface area (Å²) in [6, 6.07) is 7.96. The lowest BCUT2D eigenvalue weighted by Crippen LogP contribution is -2.43. The van der Waals surface area contributed by atoms with E-state index in [1.165, 1.54) is 17.3 Å². The van der Waals surface area contributed by atoms with Gasteiger partial charge in [-0.15, -0.1) is 0 Å². The standard InChI is InChI=1S/C19H20N2O4/c1-12(2)25-15-9-14(10-20-11-15)18(22)21-8-7-13-5-3-4-6-16(13)17(21)19(23)24/h3-6,9-12,17H,7-8H2,1-2H3,(H,23,24). The lowest BCUT2D eigenvalue weighted by molar-refractivity contribution is -0.143. The van der Waals surface area contributed by atoms with Crippen LogP contribution in [-0.4, -0.2) is 39.5 Å². The first-order valence-corrected chi connectivity index (χ1v) is 8.20. The zero-order valence-corrected chi connectivity index (χ0v) is 14.2. The summed E-state index contributed by atoms with van der Waals surface area (Å²) in [6.07, 6.45) is 3.56. The second-order valence-electron chi connectivity index (χ2n) is 6.26. The highest BCUT2D eigenvalue weighted by molar-refractivity contribution is 5.97. The number of carbonyl (C=O) groups is 2. The topological polar surface area (TPSA) is 79.7 Å². The molecule has 25 heavy (non-hydrogen) atoms. The highest BCUT2D eigenvalue weighted by Gasteiger charge is 2.36. The van der Waals surface area contributed by atoms with E-state index in [1.807, 2.05) is 26.0 Å². The molecule has 6 heteroatoms. The third-order valence-electron chi connectivity index (χ3n) is 4.11. The van der Waals surface area contributed by atoms with Crippen molar-refractivity contribution in [2.24, 2.45) is 0 Å². The Balaban J connectivity index is 1.93. The van der Waals surface area contributed by atoms with Crippen molar-refractivity contribution in [2.75, 3.05) is 6.54 Å². The van der Waals surface area contributed by atoms with Gasteiger partial charge < -0.3 is 14.7 Å². The van der Waals surface area contributed by atoms with E-state index >= 15 is 0 Å². The van der Waals surface area contributed by atoms with Crippen LogP contribution in [0.25, 0.3) is 0 Å². The molecular weight excluding hydrogens is 320 g/mol. The van der Waals surface area contributed by atoms with Crippen molar-refractivity contribution in [1.29, 1.82) is 0 Å². The molecule has 0 bridgehead atoms. The monoisotopic (exact) mass is 340 g/mol.